The molecule has 0 aliphatic heterocycles. The Hall–Kier alpha value is -1.21. The lowest BCUT2D eigenvalue weighted by molar-refractivity contribution is -0.132. The summed E-state index contributed by atoms with van der Waals surface area (Å²) >= 11 is 0. The number of nitrogens with one attached hydrogen (secondary N) is 1. The van der Waals surface area contributed by atoms with E-state index in [1.54, 1.807) is 0 Å². The molecule has 0 aliphatic carbocycles. The van der Waals surface area contributed by atoms with Crippen LogP contribution in [0.4, 0.5) is 0 Å². The maximum Gasteiger partial charge on any atom is 0.249 e. The second kappa shape index (κ2) is 36.1. The van der Waals surface area contributed by atoms with Crippen molar-refractivity contribution in [2.24, 2.45) is 0 Å². The van der Waals surface area contributed by atoms with Gasteiger partial charge in [0.2, 0.25) is 5.91 Å². The van der Waals surface area contributed by atoms with E-state index in [2.05, 4.69) is 43.5 Å². The number of carbonyl (C=O) groups excluding carboxylic acids is 1. The summed E-state index contributed by atoms with van der Waals surface area (Å²) in [7, 11) is 0. The summed E-state index contributed by atoms with van der Waals surface area (Å²) in [6, 6.07) is -0.997. The molecule has 0 spiro atoms. The second-order valence-electron chi connectivity index (χ2n) is 14.0. The predicted molar refractivity (Wildman–Crippen MR) is 201 cm³/mol. The van der Waals surface area contributed by atoms with Gasteiger partial charge in [-0.3, -0.25) is 4.79 Å². The molecule has 0 radical (unpaired) electrons. The van der Waals surface area contributed by atoms with E-state index in [1.165, 1.54) is 128 Å². The van der Waals surface area contributed by atoms with E-state index in [1.807, 2.05) is 0 Å². The average Bonchev–Trinajstić information content (AvgIpc) is 3.08. The van der Waals surface area contributed by atoms with Crippen LogP contribution in [0.3, 0.4) is 0 Å². The number of hydrogen-bond acceptors (Lipinski definition) is 5. The van der Waals surface area contributed by atoms with E-state index >= 15 is 0 Å². The number of unbranched alkanes of at least 4 members (excludes halogenated alkanes) is 23. The van der Waals surface area contributed by atoms with E-state index < -0.39 is 36.9 Å². The lowest BCUT2D eigenvalue weighted by Gasteiger charge is -2.27. The van der Waals surface area contributed by atoms with Crippen LogP contribution in [0, 0.1) is 0 Å². The van der Waals surface area contributed by atoms with Gasteiger partial charge in [-0.15, -0.1) is 0 Å². The van der Waals surface area contributed by atoms with Crippen molar-refractivity contribution in [1.29, 1.82) is 0 Å². The van der Waals surface area contributed by atoms with Gasteiger partial charge in [-0.25, -0.2) is 0 Å². The summed E-state index contributed by atoms with van der Waals surface area (Å²) in [4.78, 5) is 12.4. The highest BCUT2D eigenvalue weighted by molar-refractivity contribution is 5.80. The molecule has 0 aromatic heterocycles. The summed E-state index contributed by atoms with van der Waals surface area (Å²) in [6.45, 7) is 3.91. The largest absolute Gasteiger partial charge is 0.394 e. The lowest BCUT2D eigenvalue weighted by atomic mass is 10.00. The molecule has 4 unspecified atom stereocenters. The molecule has 0 aromatic carbocycles. The molecular weight excluding hydrogens is 586 g/mol. The SMILES string of the molecule is CCC/C=C/CCCC(O)C(O)C(CO)NC(=O)C(O)CCCCCCCCCCC/C=C\CCCCCCCCCCCCCC. The summed E-state index contributed by atoms with van der Waals surface area (Å²) in [5, 5.41) is 43.1. The van der Waals surface area contributed by atoms with Crippen molar-refractivity contribution in [3.05, 3.63) is 24.3 Å². The van der Waals surface area contributed by atoms with Crippen LogP contribution in [0.15, 0.2) is 24.3 Å². The molecule has 47 heavy (non-hydrogen) atoms. The van der Waals surface area contributed by atoms with E-state index in [0.29, 0.717) is 19.3 Å². The van der Waals surface area contributed by atoms with Crippen molar-refractivity contribution < 1.29 is 25.2 Å². The minimum absolute atomic E-state index is 0.361. The van der Waals surface area contributed by atoms with Crippen molar-refractivity contribution in [1.82, 2.24) is 5.32 Å². The molecule has 4 atom stereocenters. The van der Waals surface area contributed by atoms with Crippen LogP contribution in [0.1, 0.15) is 200 Å². The first-order valence-electron chi connectivity index (χ1n) is 20.2. The lowest BCUT2D eigenvalue weighted by Crippen LogP contribution is -2.53. The van der Waals surface area contributed by atoms with Crippen LogP contribution >= 0.6 is 0 Å². The zero-order chi connectivity index (χ0) is 34.6. The van der Waals surface area contributed by atoms with Gasteiger partial charge in [0.15, 0.2) is 0 Å². The molecule has 0 aromatic rings. The molecule has 5 N–H and O–H groups in total. The Morgan fingerprint density at radius 2 is 0.915 bits per heavy atom. The highest BCUT2D eigenvalue weighted by atomic mass is 16.3. The fraction of sp³-hybridized carbons (Fsp3) is 0.878. The Labute approximate surface area is 291 Å². The zero-order valence-electron chi connectivity index (χ0n) is 31.0. The van der Waals surface area contributed by atoms with Crippen molar-refractivity contribution >= 4 is 5.91 Å². The molecule has 0 bridgehead atoms. The van der Waals surface area contributed by atoms with Crippen LogP contribution in [0.2, 0.25) is 0 Å². The minimum Gasteiger partial charge on any atom is -0.394 e. The molecule has 6 nitrogen and oxygen atoms in total. The number of hydrogen-bond donors (Lipinski definition) is 5. The van der Waals surface area contributed by atoms with Crippen LogP contribution in [0.25, 0.3) is 0 Å². The first-order chi connectivity index (χ1) is 23.0. The first-order valence-corrected chi connectivity index (χ1v) is 20.2. The van der Waals surface area contributed by atoms with Gasteiger partial charge in [0, 0.05) is 0 Å². The molecule has 6 heteroatoms. The second-order valence-corrected chi connectivity index (χ2v) is 14.0. The number of aliphatic hydroxyl groups is 4. The standard InChI is InChI=1S/C41H79NO5/c1-3-5-7-9-11-12-13-14-15-16-17-18-19-20-21-22-23-24-25-26-27-28-29-31-33-35-39(45)41(47)42-37(36-43)40(46)38(44)34-32-30-10-8-6-4-2/h8,10,20-21,37-40,43-46H,3-7,9,11-19,22-36H2,1-2H3,(H,42,47)/b10-8+,21-20-. The number of rotatable bonds is 36. The number of carbonyl (C=O) groups is 1. The van der Waals surface area contributed by atoms with Gasteiger partial charge in [-0.2, -0.15) is 0 Å². The summed E-state index contributed by atoms with van der Waals surface area (Å²) in [5.74, 6) is -0.600. The van der Waals surface area contributed by atoms with Gasteiger partial charge in [0.1, 0.15) is 12.2 Å². The quantitative estimate of drug-likeness (QED) is 0.0338. The van der Waals surface area contributed by atoms with Gasteiger partial charge in [0.25, 0.3) is 0 Å². The molecule has 1 amide bonds. The fourth-order valence-corrected chi connectivity index (χ4v) is 6.11. The Balaban J connectivity index is 3.61. The minimum atomic E-state index is -1.28. The maximum atomic E-state index is 12.4. The Bertz CT molecular complexity index is 712. The van der Waals surface area contributed by atoms with Gasteiger partial charge < -0.3 is 25.7 Å². The van der Waals surface area contributed by atoms with Crippen LogP contribution in [-0.2, 0) is 4.79 Å². The molecule has 0 saturated carbocycles. The third-order valence-corrected chi connectivity index (χ3v) is 9.37. The number of amides is 1. The maximum absolute atomic E-state index is 12.4. The smallest absolute Gasteiger partial charge is 0.249 e. The monoisotopic (exact) mass is 666 g/mol. The van der Waals surface area contributed by atoms with Crippen molar-refractivity contribution in [3.8, 4) is 0 Å². The molecule has 0 fully saturated rings. The number of aliphatic hydroxyl groups excluding tert-OH is 4. The molecule has 0 saturated heterocycles. The van der Waals surface area contributed by atoms with E-state index in [4.69, 9.17) is 0 Å². The highest BCUT2D eigenvalue weighted by Crippen LogP contribution is 2.15. The van der Waals surface area contributed by atoms with E-state index in [0.717, 1.165) is 38.5 Å². The van der Waals surface area contributed by atoms with Crippen LogP contribution in [0.5, 0.6) is 0 Å². The third-order valence-electron chi connectivity index (χ3n) is 9.37. The van der Waals surface area contributed by atoms with Crippen LogP contribution in [-0.4, -0.2) is 57.3 Å². The van der Waals surface area contributed by atoms with Crippen LogP contribution < -0.4 is 5.32 Å². The topological polar surface area (TPSA) is 110 Å². The van der Waals surface area contributed by atoms with Crippen molar-refractivity contribution in [2.45, 2.75) is 224 Å². The third kappa shape index (κ3) is 30.6. The first kappa shape index (κ1) is 45.8. The Morgan fingerprint density at radius 3 is 1.36 bits per heavy atom. The predicted octanol–water partition coefficient (Wildman–Crippen LogP) is 10.0. The Kier molecular flexibility index (Phi) is 35.2. The van der Waals surface area contributed by atoms with Crippen molar-refractivity contribution in [3.63, 3.8) is 0 Å². The van der Waals surface area contributed by atoms with Crippen molar-refractivity contribution in [2.75, 3.05) is 6.61 Å². The molecule has 0 aliphatic rings. The normalized spacial score (nSPS) is 14.6. The fourth-order valence-electron chi connectivity index (χ4n) is 6.11. The summed E-state index contributed by atoms with van der Waals surface area (Å²) < 4.78 is 0. The van der Waals surface area contributed by atoms with E-state index in [9.17, 15) is 25.2 Å². The zero-order valence-corrected chi connectivity index (χ0v) is 31.0. The number of allylic oxidation sites excluding steroid dienone is 4. The highest BCUT2D eigenvalue weighted by Gasteiger charge is 2.28. The molecule has 0 heterocycles. The summed E-state index contributed by atoms with van der Waals surface area (Å²) in [6.07, 6.45) is 39.7. The molecule has 0 rings (SSSR count). The Morgan fingerprint density at radius 1 is 0.511 bits per heavy atom. The van der Waals surface area contributed by atoms with Gasteiger partial charge in [0.05, 0.1) is 18.8 Å². The van der Waals surface area contributed by atoms with E-state index in [-0.39, 0.29) is 0 Å². The average molecular weight is 666 g/mol. The molecule has 278 valence electrons. The van der Waals surface area contributed by atoms with Gasteiger partial charge in [-0.05, 0) is 57.8 Å². The van der Waals surface area contributed by atoms with Gasteiger partial charge in [-0.1, -0.05) is 167 Å². The van der Waals surface area contributed by atoms with Gasteiger partial charge >= 0.3 is 0 Å². The summed E-state index contributed by atoms with van der Waals surface area (Å²) in [5.41, 5.74) is 0. The molecular formula is C41H79NO5.